The van der Waals surface area contributed by atoms with Gasteiger partial charge < -0.3 is 19.5 Å². The lowest BCUT2D eigenvalue weighted by atomic mass is 9.93. The molecule has 0 bridgehead atoms. The fraction of sp³-hybridized carbons (Fsp3) is 0.381. The second-order valence-electron chi connectivity index (χ2n) is 5.99. The molecule has 0 saturated heterocycles. The maximum atomic E-state index is 12.8. The number of rotatable bonds is 9. The fourth-order valence-corrected chi connectivity index (χ4v) is 2.96. The van der Waals surface area contributed by atoms with Crippen LogP contribution in [-0.2, 0) is 11.3 Å². The lowest BCUT2D eigenvalue weighted by Crippen LogP contribution is -2.29. The van der Waals surface area contributed by atoms with Gasteiger partial charge in [-0.3, -0.25) is 4.79 Å². The molecule has 1 atom stereocenters. The van der Waals surface area contributed by atoms with Crippen LogP contribution >= 0.6 is 0 Å². The maximum Gasteiger partial charge on any atom is 0.227 e. The highest BCUT2D eigenvalue weighted by Gasteiger charge is 2.20. The zero-order valence-electron chi connectivity index (χ0n) is 15.9. The van der Waals surface area contributed by atoms with Crippen LogP contribution in [0.4, 0.5) is 0 Å². The summed E-state index contributed by atoms with van der Waals surface area (Å²) in [6.45, 7) is 2.44. The van der Waals surface area contributed by atoms with Crippen molar-refractivity contribution in [2.45, 2.75) is 32.2 Å². The second kappa shape index (κ2) is 9.70. The Labute approximate surface area is 155 Å². The minimum atomic E-state index is -0.160. The SMILES string of the molecule is CCC[C@@H](C(=O)NCc1cc(OC)c(OC)cc1OC)c1ccccc1. The van der Waals surface area contributed by atoms with Crippen LogP contribution < -0.4 is 19.5 Å². The van der Waals surface area contributed by atoms with E-state index in [0.29, 0.717) is 23.8 Å². The Morgan fingerprint density at radius 3 is 2.15 bits per heavy atom. The number of hydrogen-bond acceptors (Lipinski definition) is 4. The average Bonchev–Trinajstić information content (AvgIpc) is 2.70. The molecule has 2 aromatic carbocycles. The van der Waals surface area contributed by atoms with E-state index in [2.05, 4.69) is 12.2 Å². The number of hydrogen-bond donors (Lipinski definition) is 1. The predicted octanol–water partition coefficient (Wildman–Crippen LogP) is 3.91. The first kappa shape index (κ1) is 19.6. The lowest BCUT2D eigenvalue weighted by molar-refractivity contribution is -0.122. The van der Waals surface area contributed by atoms with Crippen molar-refractivity contribution in [2.75, 3.05) is 21.3 Å². The van der Waals surface area contributed by atoms with Crippen LogP contribution in [0.1, 0.15) is 36.8 Å². The van der Waals surface area contributed by atoms with Crippen molar-refractivity contribution in [1.29, 1.82) is 0 Å². The van der Waals surface area contributed by atoms with E-state index >= 15 is 0 Å². The summed E-state index contributed by atoms with van der Waals surface area (Å²) in [5, 5.41) is 3.03. The first-order chi connectivity index (χ1) is 12.6. The van der Waals surface area contributed by atoms with Crippen LogP contribution in [0.25, 0.3) is 0 Å². The third kappa shape index (κ3) is 4.69. The van der Waals surface area contributed by atoms with Crippen LogP contribution in [0.15, 0.2) is 42.5 Å². The van der Waals surface area contributed by atoms with Gasteiger partial charge in [-0.1, -0.05) is 43.7 Å². The first-order valence-corrected chi connectivity index (χ1v) is 8.76. The lowest BCUT2D eigenvalue weighted by Gasteiger charge is -2.18. The normalized spacial score (nSPS) is 11.5. The molecule has 0 heterocycles. The minimum absolute atomic E-state index is 0.00916. The van der Waals surface area contributed by atoms with Gasteiger partial charge in [0.2, 0.25) is 5.91 Å². The molecule has 26 heavy (non-hydrogen) atoms. The Hall–Kier alpha value is -2.69. The smallest absolute Gasteiger partial charge is 0.227 e. The molecule has 1 N–H and O–H groups in total. The van der Waals surface area contributed by atoms with Crippen LogP contribution in [0, 0.1) is 0 Å². The van der Waals surface area contributed by atoms with E-state index in [0.717, 1.165) is 24.0 Å². The Morgan fingerprint density at radius 1 is 0.962 bits per heavy atom. The molecule has 5 heteroatoms. The Morgan fingerprint density at radius 2 is 1.58 bits per heavy atom. The van der Waals surface area contributed by atoms with Gasteiger partial charge in [0.05, 0.1) is 27.2 Å². The van der Waals surface area contributed by atoms with Crippen LogP contribution in [0.5, 0.6) is 17.2 Å². The summed E-state index contributed by atoms with van der Waals surface area (Å²) in [6, 6.07) is 13.5. The van der Waals surface area contributed by atoms with Gasteiger partial charge >= 0.3 is 0 Å². The number of ether oxygens (including phenoxy) is 3. The van der Waals surface area contributed by atoms with Crippen LogP contribution in [-0.4, -0.2) is 27.2 Å². The quantitative estimate of drug-likeness (QED) is 0.739. The van der Waals surface area contributed by atoms with E-state index in [9.17, 15) is 4.79 Å². The van der Waals surface area contributed by atoms with Crippen molar-refractivity contribution in [3.8, 4) is 17.2 Å². The highest BCUT2D eigenvalue weighted by Crippen LogP contribution is 2.34. The molecular weight excluding hydrogens is 330 g/mol. The standard InChI is InChI=1S/C21H27NO4/c1-5-9-17(15-10-7-6-8-11-15)21(23)22-14-16-12-19(25-3)20(26-4)13-18(16)24-2/h6-8,10-13,17H,5,9,14H2,1-4H3,(H,22,23)/t17-/m1/s1. The Kier molecular flexibility index (Phi) is 7.33. The van der Waals surface area contributed by atoms with Gasteiger partial charge in [-0.25, -0.2) is 0 Å². The highest BCUT2D eigenvalue weighted by molar-refractivity contribution is 5.83. The summed E-state index contributed by atoms with van der Waals surface area (Å²) in [7, 11) is 4.75. The third-order valence-corrected chi connectivity index (χ3v) is 4.34. The Bertz CT molecular complexity index is 715. The molecule has 2 rings (SSSR count). The topological polar surface area (TPSA) is 56.8 Å². The molecule has 0 saturated carbocycles. The summed E-state index contributed by atoms with van der Waals surface area (Å²) < 4.78 is 16.1. The largest absolute Gasteiger partial charge is 0.496 e. The van der Waals surface area contributed by atoms with E-state index in [-0.39, 0.29) is 11.8 Å². The molecule has 0 aliphatic heterocycles. The van der Waals surface area contributed by atoms with Crippen molar-refractivity contribution in [3.63, 3.8) is 0 Å². The van der Waals surface area contributed by atoms with Gasteiger partial charge in [0, 0.05) is 18.2 Å². The van der Waals surface area contributed by atoms with Gasteiger partial charge in [-0.2, -0.15) is 0 Å². The molecule has 0 aliphatic rings. The number of benzene rings is 2. The first-order valence-electron chi connectivity index (χ1n) is 8.76. The summed E-state index contributed by atoms with van der Waals surface area (Å²) in [6.07, 6.45) is 1.74. The van der Waals surface area contributed by atoms with Gasteiger partial charge in [-0.05, 0) is 18.1 Å². The molecule has 0 radical (unpaired) electrons. The van der Waals surface area contributed by atoms with E-state index in [4.69, 9.17) is 14.2 Å². The van der Waals surface area contributed by atoms with E-state index in [1.807, 2.05) is 36.4 Å². The average molecular weight is 357 g/mol. The number of carbonyl (C=O) groups excluding carboxylic acids is 1. The van der Waals surface area contributed by atoms with Crippen molar-refractivity contribution < 1.29 is 19.0 Å². The summed E-state index contributed by atoms with van der Waals surface area (Å²) >= 11 is 0. The van der Waals surface area contributed by atoms with Gasteiger partial charge in [0.1, 0.15) is 5.75 Å². The molecule has 0 unspecified atom stereocenters. The van der Waals surface area contributed by atoms with Crippen LogP contribution in [0.2, 0.25) is 0 Å². The molecule has 0 aliphatic carbocycles. The Balaban J connectivity index is 2.17. The highest BCUT2D eigenvalue weighted by atomic mass is 16.5. The monoisotopic (exact) mass is 357 g/mol. The van der Waals surface area contributed by atoms with E-state index in [1.165, 1.54) is 0 Å². The molecule has 1 amide bonds. The van der Waals surface area contributed by atoms with Crippen molar-refractivity contribution in [2.24, 2.45) is 0 Å². The zero-order valence-corrected chi connectivity index (χ0v) is 15.9. The van der Waals surface area contributed by atoms with Crippen molar-refractivity contribution in [1.82, 2.24) is 5.32 Å². The second-order valence-corrected chi connectivity index (χ2v) is 5.99. The summed E-state index contributed by atoms with van der Waals surface area (Å²) in [5.74, 6) is 1.69. The summed E-state index contributed by atoms with van der Waals surface area (Å²) in [4.78, 5) is 12.8. The van der Waals surface area contributed by atoms with Gasteiger partial charge in [-0.15, -0.1) is 0 Å². The van der Waals surface area contributed by atoms with Crippen LogP contribution in [0.3, 0.4) is 0 Å². The molecule has 0 spiro atoms. The maximum absolute atomic E-state index is 12.8. The molecule has 5 nitrogen and oxygen atoms in total. The fourth-order valence-electron chi connectivity index (χ4n) is 2.96. The van der Waals surface area contributed by atoms with Crippen molar-refractivity contribution >= 4 is 5.91 Å². The molecular formula is C21H27NO4. The number of methoxy groups -OCH3 is 3. The number of carbonyl (C=O) groups is 1. The number of amides is 1. The van der Waals surface area contributed by atoms with Crippen molar-refractivity contribution in [3.05, 3.63) is 53.6 Å². The van der Waals surface area contributed by atoms with E-state index < -0.39 is 0 Å². The summed E-state index contributed by atoms with van der Waals surface area (Å²) in [5.41, 5.74) is 1.87. The molecule has 0 aromatic heterocycles. The van der Waals surface area contributed by atoms with Gasteiger partial charge in [0.25, 0.3) is 0 Å². The molecule has 2 aromatic rings. The number of nitrogens with one attached hydrogen (secondary N) is 1. The zero-order chi connectivity index (χ0) is 18.9. The van der Waals surface area contributed by atoms with Gasteiger partial charge in [0.15, 0.2) is 11.5 Å². The third-order valence-electron chi connectivity index (χ3n) is 4.34. The minimum Gasteiger partial charge on any atom is -0.496 e. The van der Waals surface area contributed by atoms with E-state index in [1.54, 1.807) is 27.4 Å². The molecule has 0 fully saturated rings. The molecule has 140 valence electrons. The predicted molar refractivity (Wildman–Crippen MR) is 102 cm³/mol.